The third kappa shape index (κ3) is 7.95. The van der Waals surface area contributed by atoms with Gasteiger partial charge in [0.15, 0.2) is 0 Å². The largest absolute Gasteiger partial charge is 0.508 e. The molecule has 3 rings (SSSR count). The highest BCUT2D eigenvalue weighted by Crippen LogP contribution is 2.21. The van der Waals surface area contributed by atoms with Crippen LogP contribution in [0.25, 0.3) is 0 Å². The molecule has 1 fully saturated rings. The summed E-state index contributed by atoms with van der Waals surface area (Å²) in [7, 11) is 0. The number of amides is 3. The van der Waals surface area contributed by atoms with E-state index in [0.717, 1.165) is 5.56 Å². The lowest BCUT2D eigenvalue weighted by molar-refractivity contribution is -0.146. The molecule has 11 heteroatoms. The van der Waals surface area contributed by atoms with Crippen molar-refractivity contribution >= 4 is 23.7 Å². The molecule has 1 aliphatic rings. The standard InChI is InChI=1S/C29H38N4O7/c1-3-17(2)25(29(39)40)32-27(37)24-5-4-14-33(24)28(38)23(16-19-8-12-21(35)13-9-19)31-26(36)22(30)15-18-6-10-20(34)11-7-18/h6-13,17,22-25,34-35H,3-5,14-16,30H2,1-2H3,(H,31,36)(H,32,37)(H,39,40). The summed E-state index contributed by atoms with van der Waals surface area (Å²) in [4.78, 5) is 53.2. The maximum absolute atomic E-state index is 13.8. The minimum atomic E-state index is -1.14. The SMILES string of the molecule is CCC(C)C(NC(=O)C1CCCN1C(=O)C(Cc1ccc(O)cc1)NC(=O)C(N)Cc1ccc(O)cc1)C(=O)O. The molecule has 0 aliphatic carbocycles. The van der Waals surface area contributed by atoms with Crippen molar-refractivity contribution in [3.63, 3.8) is 0 Å². The Labute approximate surface area is 233 Å². The first-order valence-corrected chi connectivity index (χ1v) is 13.5. The van der Waals surface area contributed by atoms with Gasteiger partial charge >= 0.3 is 5.97 Å². The first kappa shape index (κ1) is 30.4. The van der Waals surface area contributed by atoms with Crippen molar-refractivity contribution in [3.05, 3.63) is 59.7 Å². The predicted molar refractivity (Wildman–Crippen MR) is 147 cm³/mol. The molecule has 0 bridgehead atoms. The van der Waals surface area contributed by atoms with Gasteiger partial charge in [-0.25, -0.2) is 4.79 Å². The number of carbonyl (C=O) groups is 4. The third-order valence-corrected chi connectivity index (χ3v) is 7.33. The number of nitrogens with zero attached hydrogens (tertiary/aromatic N) is 1. The topological polar surface area (TPSA) is 182 Å². The van der Waals surface area contributed by atoms with Crippen molar-refractivity contribution in [2.75, 3.05) is 6.54 Å². The number of likely N-dealkylation sites (tertiary alicyclic amines) is 1. The molecule has 216 valence electrons. The number of carbonyl (C=O) groups excluding carboxylic acids is 3. The Morgan fingerprint density at radius 3 is 2.02 bits per heavy atom. The molecule has 40 heavy (non-hydrogen) atoms. The van der Waals surface area contributed by atoms with Crippen molar-refractivity contribution in [2.45, 2.75) is 70.1 Å². The Balaban J connectivity index is 1.78. The van der Waals surface area contributed by atoms with Gasteiger partial charge in [-0.15, -0.1) is 0 Å². The molecule has 1 saturated heterocycles. The second kappa shape index (κ2) is 13.8. The van der Waals surface area contributed by atoms with Gasteiger partial charge in [-0.05, 0) is 60.6 Å². The zero-order chi connectivity index (χ0) is 29.4. The average molecular weight is 555 g/mol. The summed E-state index contributed by atoms with van der Waals surface area (Å²) in [6.07, 6.45) is 1.73. The summed E-state index contributed by atoms with van der Waals surface area (Å²) >= 11 is 0. The van der Waals surface area contributed by atoms with E-state index in [1.807, 2.05) is 6.92 Å². The molecule has 7 N–H and O–H groups in total. The number of carboxylic acid groups (broad SMARTS) is 1. The number of phenols is 2. The first-order chi connectivity index (χ1) is 19.0. The van der Waals surface area contributed by atoms with Crippen molar-refractivity contribution in [2.24, 2.45) is 11.7 Å². The molecule has 5 unspecified atom stereocenters. The Morgan fingerprint density at radius 1 is 0.950 bits per heavy atom. The fraction of sp³-hybridized carbons (Fsp3) is 0.448. The van der Waals surface area contributed by atoms with E-state index in [4.69, 9.17) is 5.73 Å². The van der Waals surface area contributed by atoms with E-state index in [9.17, 15) is 34.5 Å². The zero-order valence-corrected chi connectivity index (χ0v) is 22.7. The number of carboxylic acids is 1. The molecule has 1 heterocycles. The molecular formula is C29H38N4O7. The average Bonchev–Trinajstić information content (AvgIpc) is 3.42. The second-order valence-corrected chi connectivity index (χ2v) is 10.3. The van der Waals surface area contributed by atoms with Gasteiger partial charge in [0.2, 0.25) is 17.7 Å². The Morgan fingerprint density at radius 2 is 1.50 bits per heavy atom. The summed E-state index contributed by atoms with van der Waals surface area (Å²) in [6, 6.07) is 8.51. The summed E-state index contributed by atoms with van der Waals surface area (Å²) in [5, 5.41) is 34.1. The molecule has 3 amide bonds. The van der Waals surface area contributed by atoms with Crippen LogP contribution in [0.3, 0.4) is 0 Å². The van der Waals surface area contributed by atoms with E-state index in [-0.39, 0.29) is 36.8 Å². The van der Waals surface area contributed by atoms with E-state index in [2.05, 4.69) is 10.6 Å². The van der Waals surface area contributed by atoms with E-state index in [0.29, 0.717) is 24.8 Å². The van der Waals surface area contributed by atoms with Crippen LogP contribution in [0.5, 0.6) is 11.5 Å². The number of rotatable bonds is 12. The number of aromatic hydroxyl groups is 2. The second-order valence-electron chi connectivity index (χ2n) is 10.3. The van der Waals surface area contributed by atoms with Crippen LogP contribution in [0.4, 0.5) is 0 Å². The lowest BCUT2D eigenvalue weighted by Crippen LogP contribution is -2.58. The number of benzene rings is 2. The van der Waals surface area contributed by atoms with Crippen LogP contribution in [0.15, 0.2) is 48.5 Å². The van der Waals surface area contributed by atoms with E-state index >= 15 is 0 Å². The zero-order valence-electron chi connectivity index (χ0n) is 22.7. The molecule has 0 aromatic heterocycles. The summed E-state index contributed by atoms with van der Waals surface area (Å²) < 4.78 is 0. The quantitative estimate of drug-likeness (QED) is 0.227. The smallest absolute Gasteiger partial charge is 0.326 e. The van der Waals surface area contributed by atoms with Crippen LogP contribution in [0.1, 0.15) is 44.2 Å². The van der Waals surface area contributed by atoms with Crippen LogP contribution >= 0.6 is 0 Å². The van der Waals surface area contributed by atoms with Gasteiger partial charge in [0.1, 0.15) is 29.6 Å². The van der Waals surface area contributed by atoms with E-state index in [1.165, 1.54) is 29.2 Å². The van der Waals surface area contributed by atoms with Gasteiger partial charge in [0.05, 0.1) is 6.04 Å². The number of nitrogens with two attached hydrogens (primary N) is 1. The number of aliphatic carboxylic acids is 1. The van der Waals surface area contributed by atoms with Crippen molar-refractivity contribution in [3.8, 4) is 11.5 Å². The van der Waals surface area contributed by atoms with E-state index < -0.39 is 47.9 Å². The van der Waals surface area contributed by atoms with Crippen LogP contribution in [0.2, 0.25) is 0 Å². The Bertz CT molecular complexity index is 1190. The molecule has 0 saturated carbocycles. The van der Waals surface area contributed by atoms with Gasteiger partial charge in [-0.3, -0.25) is 14.4 Å². The molecule has 0 radical (unpaired) electrons. The summed E-state index contributed by atoms with van der Waals surface area (Å²) in [6.45, 7) is 3.85. The third-order valence-electron chi connectivity index (χ3n) is 7.33. The molecule has 1 aliphatic heterocycles. The van der Waals surface area contributed by atoms with Gasteiger partial charge in [-0.1, -0.05) is 44.5 Å². The highest BCUT2D eigenvalue weighted by atomic mass is 16.4. The van der Waals surface area contributed by atoms with Gasteiger partial charge in [-0.2, -0.15) is 0 Å². The molecule has 5 atom stereocenters. The lowest BCUT2D eigenvalue weighted by Gasteiger charge is -2.30. The predicted octanol–water partition coefficient (Wildman–Crippen LogP) is 1.30. The van der Waals surface area contributed by atoms with Gasteiger partial charge in [0.25, 0.3) is 0 Å². The number of hydrogen-bond acceptors (Lipinski definition) is 7. The number of phenolic OH excluding ortho intramolecular Hbond substituents is 2. The molecule has 0 spiro atoms. The summed E-state index contributed by atoms with van der Waals surface area (Å²) in [5.41, 5.74) is 7.55. The molecule has 11 nitrogen and oxygen atoms in total. The number of hydrogen-bond donors (Lipinski definition) is 6. The highest BCUT2D eigenvalue weighted by Gasteiger charge is 2.39. The molecule has 2 aromatic rings. The van der Waals surface area contributed by atoms with Crippen molar-refractivity contribution in [1.82, 2.24) is 15.5 Å². The number of nitrogens with one attached hydrogen (secondary N) is 2. The van der Waals surface area contributed by atoms with Crippen LogP contribution in [-0.4, -0.2) is 74.6 Å². The van der Waals surface area contributed by atoms with Gasteiger partial charge in [0, 0.05) is 13.0 Å². The normalized spacial score (nSPS) is 17.9. The van der Waals surface area contributed by atoms with E-state index in [1.54, 1.807) is 31.2 Å². The van der Waals surface area contributed by atoms with Crippen LogP contribution in [-0.2, 0) is 32.0 Å². The van der Waals surface area contributed by atoms with Gasteiger partial charge < -0.3 is 36.6 Å². The molecular weight excluding hydrogens is 516 g/mol. The molecule has 2 aromatic carbocycles. The minimum absolute atomic E-state index is 0.0529. The van der Waals surface area contributed by atoms with Crippen molar-refractivity contribution in [1.29, 1.82) is 0 Å². The first-order valence-electron chi connectivity index (χ1n) is 13.5. The van der Waals surface area contributed by atoms with Crippen molar-refractivity contribution < 1.29 is 34.5 Å². The maximum Gasteiger partial charge on any atom is 0.326 e. The van der Waals surface area contributed by atoms with Crippen LogP contribution < -0.4 is 16.4 Å². The highest BCUT2D eigenvalue weighted by molar-refractivity contribution is 5.94. The Hall–Kier alpha value is -4.12. The fourth-order valence-corrected chi connectivity index (χ4v) is 4.76. The summed E-state index contributed by atoms with van der Waals surface area (Å²) in [5.74, 6) is -2.89. The minimum Gasteiger partial charge on any atom is -0.508 e. The maximum atomic E-state index is 13.8. The Kier molecular flexibility index (Phi) is 10.5. The monoisotopic (exact) mass is 554 g/mol. The van der Waals surface area contributed by atoms with Crippen LogP contribution in [0, 0.1) is 5.92 Å². The lowest BCUT2D eigenvalue weighted by atomic mass is 9.98. The fourth-order valence-electron chi connectivity index (χ4n) is 4.76.